The van der Waals surface area contributed by atoms with Gasteiger partial charge in [0.25, 0.3) is 5.91 Å². The summed E-state index contributed by atoms with van der Waals surface area (Å²) < 4.78 is 1.79. The smallest absolute Gasteiger partial charge is 0.270 e. The summed E-state index contributed by atoms with van der Waals surface area (Å²) in [7, 11) is 0. The van der Waals surface area contributed by atoms with Crippen LogP contribution in [0.15, 0.2) is 54.6 Å². The van der Waals surface area contributed by atoms with Crippen LogP contribution in [-0.4, -0.2) is 46.8 Å². The number of aryl methyl sites for hydroxylation is 2. The third kappa shape index (κ3) is 4.40. The van der Waals surface area contributed by atoms with E-state index in [4.69, 9.17) is 5.10 Å². The van der Waals surface area contributed by atoms with Crippen molar-refractivity contribution >= 4 is 5.91 Å². The average molecular weight is 389 g/mol. The number of rotatable bonds is 6. The normalized spacial score (nSPS) is 14.3. The second-order valence-corrected chi connectivity index (χ2v) is 7.79. The molecule has 0 atom stereocenters. The molecule has 29 heavy (non-hydrogen) atoms. The summed E-state index contributed by atoms with van der Waals surface area (Å²) in [5.41, 5.74) is 5.54. The van der Waals surface area contributed by atoms with Gasteiger partial charge in [-0.25, -0.2) is 4.68 Å². The van der Waals surface area contributed by atoms with E-state index in [0.717, 1.165) is 47.7 Å². The van der Waals surface area contributed by atoms with Gasteiger partial charge in [0.1, 0.15) is 5.69 Å². The summed E-state index contributed by atoms with van der Waals surface area (Å²) in [6.45, 7) is 7.92. The zero-order valence-corrected chi connectivity index (χ0v) is 17.2. The Kier molecular flexibility index (Phi) is 5.76. The first-order valence-electron chi connectivity index (χ1n) is 10.4. The fraction of sp³-hybridized carbons (Fsp3) is 0.333. The van der Waals surface area contributed by atoms with Crippen LogP contribution in [0, 0.1) is 13.8 Å². The number of hydrogen-bond donors (Lipinski definition) is 1. The van der Waals surface area contributed by atoms with Gasteiger partial charge in [-0.15, -0.1) is 0 Å². The van der Waals surface area contributed by atoms with Gasteiger partial charge in [-0.2, -0.15) is 5.10 Å². The van der Waals surface area contributed by atoms with Crippen molar-refractivity contribution in [3.05, 3.63) is 71.4 Å². The Morgan fingerprint density at radius 3 is 2.55 bits per heavy atom. The molecular weight excluding hydrogens is 360 g/mol. The minimum atomic E-state index is -0.0835. The molecule has 4 rings (SSSR count). The summed E-state index contributed by atoms with van der Waals surface area (Å²) >= 11 is 0. The maximum Gasteiger partial charge on any atom is 0.270 e. The highest BCUT2D eigenvalue weighted by atomic mass is 16.2. The number of nitrogens with one attached hydrogen (secondary N) is 1. The van der Waals surface area contributed by atoms with Crippen molar-refractivity contribution < 1.29 is 4.79 Å². The Labute approximate surface area is 172 Å². The standard InChI is InChI=1S/C24H28N4O/c1-18-10-11-19(2)22(16-18)28-23(17-21(26-28)20-8-4-3-5-9-20)24(29)25-12-15-27-13-6-7-14-27/h3-5,8-11,16-17H,6-7,12-15H2,1-2H3,(H,25,29). The molecule has 1 aliphatic heterocycles. The summed E-state index contributed by atoms with van der Waals surface area (Å²) in [4.78, 5) is 15.5. The molecule has 0 saturated carbocycles. The molecule has 0 spiro atoms. The molecule has 2 heterocycles. The first kappa shape index (κ1) is 19.4. The van der Waals surface area contributed by atoms with E-state index in [1.165, 1.54) is 12.8 Å². The minimum absolute atomic E-state index is 0.0835. The van der Waals surface area contributed by atoms with Crippen molar-refractivity contribution in [1.29, 1.82) is 0 Å². The van der Waals surface area contributed by atoms with Crippen molar-refractivity contribution in [2.24, 2.45) is 0 Å². The zero-order chi connectivity index (χ0) is 20.2. The van der Waals surface area contributed by atoms with E-state index in [-0.39, 0.29) is 5.91 Å². The molecule has 0 radical (unpaired) electrons. The van der Waals surface area contributed by atoms with Crippen LogP contribution in [0.4, 0.5) is 0 Å². The predicted octanol–water partition coefficient (Wildman–Crippen LogP) is 3.98. The molecule has 3 aromatic rings. The zero-order valence-electron chi connectivity index (χ0n) is 17.2. The summed E-state index contributed by atoms with van der Waals surface area (Å²) in [5, 5.41) is 7.90. The summed E-state index contributed by atoms with van der Waals surface area (Å²) in [5.74, 6) is -0.0835. The Hall–Kier alpha value is -2.92. The summed E-state index contributed by atoms with van der Waals surface area (Å²) in [6, 6.07) is 18.1. The maximum atomic E-state index is 13.1. The molecule has 1 amide bonds. The van der Waals surface area contributed by atoms with Crippen molar-refractivity contribution in [3.63, 3.8) is 0 Å². The van der Waals surface area contributed by atoms with E-state index in [0.29, 0.717) is 12.2 Å². The Morgan fingerprint density at radius 2 is 1.79 bits per heavy atom. The molecule has 150 valence electrons. The second kappa shape index (κ2) is 8.62. The van der Waals surface area contributed by atoms with Crippen LogP contribution in [0.25, 0.3) is 16.9 Å². The van der Waals surface area contributed by atoms with Gasteiger partial charge in [0.2, 0.25) is 0 Å². The van der Waals surface area contributed by atoms with E-state index < -0.39 is 0 Å². The molecule has 5 nitrogen and oxygen atoms in total. The van der Waals surface area contributed by atoms with Crippen LogP contribution in [0.3, 0.4) is 0 Å². The second-order valence-electron chi connectivity index (χ2n) is 7.79. The molecule has 1 saturated heterocycles. The summed E-state index contributed by atoms with van der Waals surface area (Å²) in [6.07, 6.45) is 2.52. The van der Waals surface area contributed by atoms with Gasteiger partial charge in [0, 0.05) is 18.7 Å². The maximum absolute atomic E-state index is 13.1. The van der Waals surface area contributed by atoms with Gasteiger partial charge < -0.3 is 10.2 Å². The van der Waals surface area contributed by atoms with Crippen LogP contribution in [0.2, 0.25) is 0 Å². The largest absolute Gasteiger partial charge is 0.349 e. The fourth-order valence-electron chi connectivity index (χ4n) is 3.85. The fourth-order valence-corrected chi connectivity index (χ4v) is 3.85. The quantitative estimate of drug-likeness (QED) is 0.695. The molecule has 2 aromatic carbocycles. The number of hydrogen-bond acceptors (Lipinski definition) is 3. The lowest BCUT2D eigenvalue weighted by atomic mass is 10.1. The van der Waals surface area contributed by atoms with Crippen molar-refractivity contribution in [2.75, 3.05) is 26.2 Å². The molecule has 5 heteroatoms. The molecule has 1 N–H and O–H groups in total. The van der Waals surface area contributed by atoms with Crippen LogP contribution in [0.1, 0.15) is 34.5 Å². The monoisotopic (exact) mass is 388 g/mol. The van der Waals surface area contributed by atoms with Crippen LogP contribution >= 0.6 is 0 Å². The number of benzene rings is 2. The van der Waals surface area contributed by atoms with Crippen molar-refractivity contribution in [3.8, 4) is 16.9 Å². The van der Waals surface area contributed by atoms with Crippen molar-refractivity contribution in [2.45, 2.75) is 26.7 Å². The van der Waals surface area contributed by atoms with Crippen LogP contribution < -0.4 is 5.32 Å². The third-order valence-electron chi connectivity index (χ3n) is 5.52. The van der Waals surface area contributed by atoms with Crippen LogP contribution in [-0.2, 0) is 0 Å². The van der Waals surface area contributed by atoms with Gasteiger partial charge >= 0.3 is 0 Å². The lowest BCUT2D eigenvalue weighted by molar-refractivity contribution is 0.0942. The number of carbonyl (C=O) groups excluding carboxylic acids is 1. The van der Waals surface area contributed by atoms with E-state index >= 15 is 0 Å². The van der Waals surface area contributed by atoms with E-state index in [1.54, 1.807) is 4.68 Å². The molecule has 1 fully saturated rings. The average Bonchev–Trinajstić information content (AvgIpc) is 3.40. The molecule has 0 aliphatic carbocycles. The topological polar surface area (TPSA) is 50.2 Å². The van der Waals surface area contributed by atoms with Gasteiger partial charge in [-0.05, 0) is 63.0 Å². The molecule has 1 aromatic heterocycles. The third-order valence-corrected chi connectivity index (χ3v) is 5.52. The Balaban J connectivity index is 1.64. The van der Waals surface area contributed by atoms with E-state index in [1.807, 2.05) is 43.3 Å². The van der Waals surface area contributed by atoms with Crippen LogP contribution in [0.5, 0.6) is 0 Å². The Bertz CT molecular complexity index is 987. The molecular formula is C24H28N4O. The van der Waals surface area contributed by atoms with E-state index in [2.05, 4.69) is 35.3 Å². The highest BCUT2D eigenvalue weighted by Crippen LogP contribution is 2.24. The predicted molar refractivity (Wildman–Crippen MR) is 116 cm³/mol. The first-order valence-corrected chi connectivity index (χ1v) is 10.4. The van der Waals surface area contributed by atoms with Crippen molar-refractivity contribution in [1.82, 2.24) is 20.0 Å². The number of aromatic nitrogens is 2. The van der Waals surface area contributed by atoms with Gasteiger partial charge in [0.05, 0.1) is 11.4 Å². The van der Waals surface area contributed by atoms with Gasteiger partial charge in [-0.1, -0.05) is 42.5 Å². The van der Waals surface area contributed by atoms with Gasteiger partial charge in [-0.3, -0.25) is 4.79 Å². The highest BCUT2D eigenvalue weighted by molar-refractivity contribution is 5.94. The molecule has 0 unspecified atom stereocenters. The molecule has 1 aliphatic rings. The Morgan fingerprint density at radius 1 is 1.03 bits per heavy atom. The van der Waals surface area contributed by atoms with E-state index in [9.17, 15) is 4.79 Å². The number of likely N-dealkylation sites (tertiary alicyclic amines) is 1. The lowest BCUT2D eigenvalue weighted by Crippen LogP contribution is -2.34. The minimum Gasteiger partial charge on any atom is -0.349 e. The number of amides is 1. The number of carbonyl (C=O) groups is 1. The van der Waals surface area contributed by atoms with Gasteiger partial charge in [0.15, 0.2) is 0 Å². The molecule has 0 bridgehead atoms. The first-order chi connectivity index (χ1) is 14.1. The SMILES string of the molecule is Cc1ccc(C)c(-n2nc(-c3ccccc3)cc2C(=O)NCCN2CCCC2)c1. The highest BCUT2D eigenvalue weighted by Gasteiger charge is 2.19. The number of nitrogens with zero attached hydrogens (tertiary/aromatic N) is 3. The lowest BCUT2D eigenvalue weighted by Gasteiger charge is -2.15.